The highest BCUT2D eigenvalue weighted by atomic mass is 35.5. The molecule has 0 aromatic heterocycles. The fourth-order valence-electron chi connectivity index (χ4n) is 2.00. The summed E-state index contributed by atoms with van der Waals surface area (Å²) in [6, 6.07) is 12.3. The first-order chi connectivity index (χ1) is 11.5. The van der Waals surface area contributed by atoms with Crippen molar-refractivity contribution < 1.29 is 9.59 Å². The van der Waals surface area contributed by atoms with Crippen LogP contribution in [0.15, 0.2) is 42.5 Å². The van der Waals surface area contributed by atoms with Crippen molar-refractivity contribution in [3.05, 3.63) is 63.1 Å². The first-order valence-electron chi connectivity index (χ1n) is 7.20. The number of hydrogen-bond donors (Lipinski definition) is 2. The van der Waals surface area contributed by atoms with Crippen LogP contribution in [-0.2, 0) is 16.0 Å². The molecule has 2 aromatic carbocycles. The van der Waals surface area contributed by atoms with Gasteiger partial charge in [-0.25, -0.2) is 0 Å². The fraction of sp³-hybridized carbons (Fsp3) is 0.176. The molecule has 2 aromatic rings. The fourth-order valence-corrected chi connectivity index (χ4v) is 2.47. The molecule has 0 atom stereocenters. The van der Waals surface area contributed by atoms with Gasteiger partial charge in [-0.3, -0.25) is 9.59 Å². The molecule has 0 aliphatic heterocycles. The third-order valence-corrected chi connectivity index (χ3v) is 4.27. The van der Waals surface area contributed by atoms with Crippen LogP contribution in [0, 0.1) is 0 Å². The van der Waals surface area contributed by atoms with Crippen molar-refractivity contribution in [1.29, 1.82) is 0 Å². The van der Waals surface area contributed by atoms with E-state index < -0.39 is 5.91 Å². The van der Waals surface area contributed by atoms with Crippen molar-refractivity contribution >= 4 is 52.3 Å². The first-order valence-corrected chi connectivity index (χ1v) is 8.34. The number of hydrogen-bond acceptors (Lipinski definition) is 2. The number of carbonyl (C=O) groups is 2. The summed E-state index contributed by atoms with van der Waals surface area (Å²) in [5, 5.41) is 6.51. The Kier molecular flexibility index (Phi) is 6.91. The zero-order valence-electron chi connectivity index (χ0n) is 12.6. The summed E-state index contributed by atoms with van der Waals surface area (Å²) in [7, 11) is 0. The Bertz CT molecular complexity index is 733. The number of halogens is 3. The van der Waals surface area contributed by atoms with Gasteiger partial charge in [0, 0.05) is 11.6 Å². The van der Waals surface area contributed by atoms with Crippen LogP contribution in [0.4, 0.5) is 5.69 Å². The van der Waals surface area contributed by atoms with E-state index in [0.29, 0.717) is 28.7 Å². The maximum absolute atomic E-state index is 11.9. The summed E-state index contributed by atoms with van der Waals surface area (Å²) in [4.78, 5) is 23.7. The molecule has 0 aliphatic rings. The highest BCUT2D eigenvalue weighted by Gasteiger charge is 2.12. The summed E-state index contributed by atoms with van der Waals surface area (Å²) < 4.78 is 0. The van der Waals surface area contributed by atoms with Crippen molar-refractivity contribution in [3.8, 4) is 0 Å². The van der Waals surface area contributed by atoms with E-state index in [4.69, 9.17) is 34.8 Å². The van der Waals surface area contributed by atoms with E-state index in [1.807, 2.05) is 12.1 Å². The van der Waals surface area contributed by atoms with Gasteiger partial charge in [0.15, 0.2) is 0 Å². The minimum absolute atomic E-state index is 0.246. The molecule has 126 valence electrons. The van der Waals surface area contributed by atoms with Gasteiger partial charge in [0.1, 0.15) is 6.42 Å². The van der Waals surface area contributed by atoms with Crippen LogP contribution in [0.1, 0.15) is 12.0 Å². The lowest BCUT2D eigenvalue weighted by Gasteiger charge is -2.09. The number of anilines is 1. The Morgan fingerprint density at radius 3 is 2.33 bits per heavy atom. The lowest BCUT2D eigenvalue weighted by atomic mass is 10.1. The Morgan fingerprint density at radius 2 is 1.62 bits per heavy atom. The number of rotatable bonds is 6. The van der Waals surface area contributed by atoms with Crippen molar-refractivity contribution in [1.82, 2.24) is 5.32 Å². The van der Waals surface area contributed by atoms with Crippen molar-refractivity contribution in [2.75, 3.05) is 11.9 Å². The number of carbonyl (C=O) groups excluding carboxylic acids is 2. The average Bonchev–Trinajstić information content (AvgIpc) is 2.53. The van der Waals surface area contributed by atoms with Gasteiger partial charge in [-0.2, -0.15) is 0 Å². The lowest BCUT2D eigenvalue weighted by Crippen LogP contribution is -2.29. The van der Waals surface area contributed by atoms with Gasteiger partial charge < -0.3 is 10.6 Å². The lowest BCUT2D eigenvalue weighted by molar-refractivity contribution is -0.126. The van der Waals surface area contributed by atoms with E-state index >= 15 is 0 Å². The molecule has 0 spiro atoms. The van der Waals surface area contributed by atoms with Gasteiger partial charge in [-0.05, 0) is 36.2 Å². The predicted octanol–water partition coefficient (Wildman–Crippen LogP) is 4.33. The molecular weight excluding hydrogens is 371 g/mol. The molecule has 0 bridgehead atoms. The normalized spacial score (nSPS) is 10.3. The molecule has 0 unspecified atom stereocenters. The zero-order valence-corrected chi connectivity index (χ0v) is 14.9. The summed E-state index contributed by atoms with van der Waals surface area (Å²) in [6.45, 7) is 0.436. The van der Waals surface area contributed by atoms with E-state index in [2.05, 4.69) is 10.6 Å². The molecule has 0 saturated carbocycles. The molecule has 2 rings (SSSR count). The van der Waals surface area contributed by atoms with Crippen LogP contribution in [0.2, 0.25) is 15.1 Å². The van der Waals surface area contributed by atoms with Gasteiger partial charge in [-0.1, -0.05) is 53.0 Å². The second-order valence-electron chi connectivity index (χ2n) is 5.05. The smallest absolute Gasteiger partial charge is 0.233 e. The average molecular weight is 386 g/mol. The highest BCUT2D eigenvalue weighted by Crippen LogP contribution is 2.29. The first kappa shape index (κ1) is 18.6. The topological polar surface area (TPSA) is 58.2 Å². The number of amides is 2. The van der Waals surface area contributed by atoms with E-state index in [-0.39, 0.29) is 17.4 Å². The molecule has 4 nitrogen and oxygen atoms in total. The maximum Gasteiger partial charge on any atom is 0.233 e. The quantitative estimate of drug-likeness (QED) is 0.727. The Morgan fingerprint density at radius 1 is 0.917 bits per heavy atom. The van der Waals surface area contributed by atoms with Crippen LogP contribution in [0.3, 0.4) is 0 Å². The summed E-state index contributed by atoms with van der Waals surface area (Å²) in [6.07, 6.45) is 0.369. The van der Waals surface area contributed by atoms with E-state index in [0.717, 1.165) is 5.56 Å². The highest BCUT2D eigenvalue weighted by molar-refractivity contribution is 6.44. The summed E-state index contributed by atoms with van der Waals surface area (Å²) >= 11 is 17.7. The second kappa shape index (κ2) is 8.92. The Balaban J connectivity index is 1.76. The Labute approximate surface area is 155 Å². The van der Waals surface area contributed by atoms with Gasteiger partial charge in [0.25, 0.3) is 0 Å². The van der Waals surface area contributed by atoms with Gasteiger partial charge in [-0.15, -0.1) is 0 Å². The molecule has 0 saturated heterocycles. The molecule has 2 amide bonds. The third kappa shape index (κ3) is 5.71. The maximum atomic E-state index is 11.9. The van der Waals surface area contributed by atoms with Gasteiger partial charge >= 0.3 is 0 Å². The molecular formula is C17H15Cl3N2O2. The minimum atomic E-state index is -0.455. The van der Waals surface area contributed by atoms with Crippen molar-refractivity contribution in [2.24, 2.45) is 0 Å². The summed E-state index contributed by atoms with van der Waals surface area (Å²) in [5.41, 5.74) is 1.43. The molecule has 7 heteroatoms. The minimum Gasteiger partial charge on any atom is -0.355 e. The van der Waals surface area contributed by atoms with Crippen molar-refractivity contribution in [2.45, 2.75) is 12.8 Å². The van der Waals surface area contributed by atoms with Crippen LogP contribution in [-0.4, -0.2) is 18.4 Å². The molecule has 0 aliphatic carbocycles. The molecule has 0 heterocycles. The largest absolute Gasteiger partial charge is 0.355 e. The second-order valence-corrected chi connectivity index (χ2v) is 6.27. The standard InChI is InChI=1S/C17H15Cl3N2O2/c18-12-6-4-11(5-7-12)8-9-21-15(23)10-16(24)22-14-3-1-2-13(19)17(14)20/h1-7H,8-10H2,(H,21,23)(H,22,24). The molecule has 24 heavy (non-hydrogen) atoms. The van der Waals surface area contributed by atoms with Crippen LogP contribution in [0.25, 0.3) is 0 Å². The van der Waals surface area contributed by atoms with Gasteiger partial charge in [0.2, 0.25) is 11.8 Å². The monoisotopic (exact) mass is 384 g/mol. The SMILES string of the molecule is O=C(CC(=O)Nc1cccc(Cl)c1Cl)NCCc1ccc(Cl)cc1. The third-order valence-electron chi connectivity index (χ3n) is 3.20. The number of nitrogens with one attached hydrogen (secondary N) is 2. The Hall–Kier alpha value is -1.75. The van der Waals surface area contributed by atoms with Crippen LogP contribution in [0.5, 0.6) is 0 Å². The summed E-state index contributed by atoms with van der Waals surface area (Å²) in [5.74, 6) is -0.817. The van der Waals surface area contributed by atoms with E-state index in [1.165, 1.54) is 0 Å². The molecule has 2 N–H and O–H groups in total. The van der Waals surface area contributed by atoms with E-state index in [1.54, 1.807) is 30.3 Å². The van der Waals surface area contributed by atoms with Crippen LogP contribution >= 0.6 is 34.8 Å². The van der Waals surface area contributed by atoms with Gasteiger partial charge in [0.05, 0.1) is 15.7 Å². The molecule has 0 radical (unpaired) electrons. The predicted molar refractivity (Wildman–Crippen MR) is 97.9 cm³/mol. The number of benzene rings is 2. The zero-order chi connectivity index (χ0) is 17.5. The molecule has 0 fully saturated rings. The van der Waals surface area contributed by atoms with E-state index in [9.17, 15) is 9.59 Å². The van der Waals surface area contributed by atoms with Crippen LogP contribution < -0.4 is 10.6 Å². The van der Waals surface area contributed by atoms with Crippen molar-refractivity contribution in [3.63, 3.8) is 0 Å².